The topological polar surface area (TPSA) is 45.1 Å². The highest BCUT2D eigenvalue weighted by Crippen LogP contribution is 2.24. The van der Waals surface area contributed by atoms with Crippen LogP contribution in [0.25, 0.3) is 0 Å². The van der Waals surface area contributed by atoms with Crippen molar-refractivity contribution in [2.24, 2.45) is 5.41 Å². The first-order chi connectivity index (χ1) is 7.95. The Hall–Kier alpha value is -0.930. The number of aliphatic hydroxyl groups excluding tert-OH is 1. The second-order valence-corrected chi connectivity index (χ2v) is 5.61. The summed E-state index contributed by atoms with van der Waals surface area (Å²) in [5, 5.41) is 12.7. The molecule has 0 amide bonds. The standard InChI is InChI=1S/C14H24N2O/c1-11(12-6-5-8-15-10-12)16-13(7-9-17)14(2,3)4/h5-6,8,10-11,13,16-17H,7,9H2,1-4H3. The fourth-order valence-electron chi connectivity index (χ4n) is 1.93. The molecule has 3 heteroatoms. The Morgan fingerprint density at radius 3 is 2.59 bits per heavy atom. The summed E-state index contributed by atoms with van der Waals surface area (Å²) < 4.78 is 0. The number of nitrogens with one attached hydrogen (secondary N) is 1. The fraction of sp³-hybridized carbons (Fsp3) is 0.643. The lowest BCUT2D eigenvalue weighted by atomic mass is 9.84. The monoisotopic (exact) mass is 236 g/mol. The third-order valence-electron chi connectivity index (χ3n) is 3.10. The van der Waals surface area contributed by atoms with Crippen molar-refractivity contribution in [1.82, 2.24) is 10.3 Å². The fourth-order valence-corrected chi connectivity index (χ4v) is 1.93. The molecule has 0 saturated carbocycles. The van der Waals surface area contributed by atoms with Crippen LogP contribution in [-0.4, -0.2) is 22.7 Å². The van der Waals surface area contributed by atoms with Crippen LogP contribution in [0.1, 0.15) is 45.7 Å². The van der Waals surface area contributed by atoms with Crippen LogP contribution in [0.5, 0.6) is 0 Å². The Bertz CT molecular complexity index is 319. The van der Waals surface area contributed by atoms with Gasteiger partial charge in [-0.15, -0.1) is 0 Å². The Labute approximate surface area is 104 Å². The Balaban J connectivity index is 2.68. The zero-order chi connectivity index (χ0) is 12.9. The molecule has 17 heavy (non-hydrogen) atoms. The Kier molecular flexibility index (Phi) is 5.09. The number of pyridine rings is 1. The third-order valence-corrected chi connectivity index (χ3v) is 3.10. The van der Waals surface area contributed by atoms with Crippen molar-refractivity contribution in [3.8, 4) is 0 Å². The number of rotatable bonds is 5. The summed E-state index contributed by atoms with van der Waals surface area (Å²) in [4.78, 5) is 4.13. The largest absolute Gasteiger partial charge is 0.396 e. The first-order valence-corrected chi connectivity index (χ1v) is 6.22. The van der Waals surface area contributed by atoms with E-state index in [2.05, 4.69) is 44.1 Å². The summed E-state index contributed by atoms with van der Waals surface area (Å²) in [7, 11) is 0. The van der Waals surface area contributed by atoms with Crippen molar-refractivity contribution in [2.45, 2.75) is 46.2 Å². The predicted molar refractivity (Wildman–Crippen MR) is 70.7 cm³/mol. The molecule has 1 aromatic rings. The minimum atomic E-state index is 0.138. The SMILES string of the molecule is CC(NC(CCO)C(C)(C)C)c1cccnc1. The van der Waals surface area contributed by atoms with Crippen molar-refractivity contribution in [2.75, 3.05) is 6.61 Å². The van der Waals surface area contributed by atoms with E-state index in [0.29, 0.717) is 6.04 Å². The van der Waals surface area contributed by atoms with Crippen molar-refractivity contribution < 1.29 is 5.11 Å². The van der Waals surface area contributed by atoms with E-state index in [0.717, 1.165) is 6.42 Å². The molecule has 0 aliphatic rings. The smallest absolute Gasteiger partial charge is 0.0446 e. The van der Waals surface area contributed by atoms with Gasteiger partial charge in [0.05, 0.1) is 0 Å². The van der Waals surface area contributed by atoms with Gasteiger partial charge in [0.25, 0.3) is 0 Å². The van der Waals surface area contributed by atoms with Crippen LogP contribution in [0.3, 0.4) is 0 Å². The molecule has 0 radical (unpaired) electrons. The molecule has 0 aromatic carbocycles. The summed E-state index contributed by atoms with van der Waals surface area (Å²) in [6.45, 7) is 8.92. The van der Waals surface area contributed by atoms with Crippen molar-refractivity contribution >= 4 is 0 Å². The van der Waals surface area contributed by atoms with Gasteiger partial charge in [-0.25, -0.2) is 0 Å². The molecule has 96 valence electrons. The Morgan fingerprint density at radius 2 is 2.12 bits per heavy atom. The van der Waals surface area contributed by atoms with E-state index in [1.807, 2.05) is 12.3 Å². The van der Waals surface area contributed by atoms with Gasteiger partial charge in [0, 0.05) is 31.1 Å². The van der Waals surface area contributed by atoms with Crippen LogP contribution in [0.2, 0.25) is 0 Å². The van der Waals surface area contributed by atoms with E-state index < -0.39 is 0 Å². The zero-order valence-corrected chi connectivity index (χ0v) is 11.3. The van der Waals surface area contributed by atoms with Crippen LogP contribution in [0, 0.1) is 5.41 Å². The molecule has 3 nitrogen and oxygen atoms in total. The van der Waals surface area contributed by atoms with Gasteiger partial charge in [0.1, 0.15) is 0 Å². The molecule has 1 heterocycles. The number of hydrogen-bond donors (Lipinski definition) is 2. The summed E-state index contributed by atoms with van der Waals surface area (Å²) in [5.74, 6) is 0. The van der Waals surface area contributed by atoms with Gasteiger partial charge >= 0.3 is 0 Å². The third kappa shape index (κ3) is 4.44. The molecule has 1 aromatic heterocycles. The molecular formula is C14H24N2O. The van der Waals surface area contributed by atoms with Gasteiger partial charge in [-0.3, -0.25) is 4.98 Å². The molecule has 0 spiro atoms. The molecule has 0 saturated heterocycles. The van der Waals surface area contributed by atoms with Crippen LogP contribution >= 0.6 is 0 Å². The minimum Gasteiger partial charge on any atom is -0.396 e. The average molecular weight is 236 g/mol. The molecule has 0 fully saturated rings. The molecule has 1 rings (SSSR count). The summed E-state index contributed by atoms with van der Waals surface area (Å²) in [5.41, 5.74) is 1.32. The van der Waals surface area contributed by atoms with E-state index in [9.17, 15) is 0 Å². The first-order valence-electron chi connectivity index (χ1n) is 6.22. The normalized spacial score (nSPS) is 15.6. The lowest BCUT2D eigenvalue weighted by Gasteiger charge is -2.34. The minimum absolute atomic E-state index is 0.138. The lowest BCUT2D eigenvalue weighted by molar-refractivity contribution is 0.188. The zero-order valence-electron chi connectivity index (χ0n) is 11.3. The predicted octanol–water partition coefficient (Wildman–Crippen LogP) is 2.53. The highest BCUT2D eigenvalue weighted by atomic mass is 16.3. The van der Waals surface area contributed by atoms with Gasteiger partial charge in [0.15, 0.2) is 0 Å². The molecule has 2 N–H and O–H groups in total. The summed E-state index contributed by atoms with van der Waals surface area (Å²) >= 11 is 0. The summed E-state index contributed by atoms with van der Waals surface area (Å²) in [6, 6.07) is 4.57. The number of aromatic nitrogens is 1. The van der Waals surface area contributed by atoms with Crippen LogP contribution < -0.4 is 5.32 Å². The molecule has 2 unspecified atom stereocenters. The second-order valence-electron chi connectivity index (χ2n) is 5.61. The van der Waals surface area contributed by atoms with Gasteiger partial charge in [0.2, 0.25) is 0 Å². The number of nitrogens with zero attached hydrogens (tertiary/aromatic N) is 1. The molecule has 2 atom stereocenters. The van der Waals surface area contributed by atoms with E-state index in [1.54, 1.807) is 6.20 Å². The molecule has 0 aliphatic heterocycles. The lowest BCUT2D eigenvalue weighted by Crippen LogP contribution is -2.42. The van der Waals surface area contributed by atoms with E-state index >= 15 is 0 Å². The molecule has 0 aliphatic carbocycles. The van der Waals surface area contributed by atoms with Crippen molar-refractivity contribution in [3.05, 3.63) is 30.1 Å². The first kappa shape index (κ1) is 14.1. The van der Waals surface area contributed by atoms with Crippen molar-refractivity contribution in [3.63, 3.8) is 0 Å². The van der Waals surface area contributed by atoms with E-state index in [4.69, 9.17) is 5.11 Å². The van der Waals surface area contributed by atoms with Gasteiger partial charge in [-0.1, -0.05) is 26.8 Å². The molecule has 0 bridgehead atoms. The maximum absolute atomic E-state index is 9.13. The summed E-state index contributed by atoms with van der Waals surface area (Å²) in [6.07, 6.45) is 4.44. The average Bonchev–Trinajstić information content (AvgIpc) is 2.28. The van der Waals surface area contributed by atoms with Crippen LogP contribution in [0.4, 0.5) is 0 Å². The quantitative estimate of drug-likeness (QED) is 0.825. The number of aliphatic hydroxyl groups is 1. The highest BCUT2D eigenvalue weighted by Gasteiger charge is 2.25. The number of hydrogen-bond acceptors (Lipinski definition) is 3. The maximum atomic E-state index is 9.13. The molecular weight excluding hydrogens is 212 g/mol. The second kappa shape index (κ2) is 6.12. The van der Waals surface area contributed by atoms with Crippen molar-refractivity contribution in [1.29, 1.82) is 0 Å². The Morgan fingerprint density at radius 1 is 1.41 bits per heavy atom. The van der Waals surface area contributed by atoms with Gasteiger partial charge in [-0.2, -0.15) is 0 Å². The van der Waals surface area contributed by atoms with Gasteiger partial charge < -0.3 is 10.4 Å². The maximum Gasteiger partial charge on any atom is 0.0446 e. The van der Waals surface area contributed by atoms with E-state index in [1.165, 1.54) is 5.56 Å². The van der Waals surface area contributed by atoms with Crippen LogP contribution in [-0.2, 0) is 0 Å². The van der Waals surface area contributed by atoms with Gasteiger partial charge in [-0.05, 0) is 30.4 Å². The van der Waals surface area contributed by atoms with E-state index in [-0.39, 0.29) is 18.1 Å². The van der Waals surface area contributed by atoms with Crippen LogP contribution in [0.15, 0.2) is 24.5 Å². The highest BCUT2D eigenvalue weighted by molar-refractivity contribution is 5.13.